The summed E-state index contributed by atoms with van der Waals surface area (Å²) in [5.74, 6) is 0. The molecule has 0 aromatic carbocycles. The van der Waals surface area contributed by atoms with Gasteiger partial charge in [0.25, 0.3) is 0 Å². The number of ether oxygens (including phenoxy) is 2. The fraction of sp³-hybridized carbons (Fsp3) is 0.800. The van der Waals surface area contributed by atoms with E-state index < -0.39 is 0 Å². The highest BCUT2D eigenvalue weighted by Crippen LogP contribution is 2.13. The molecular formula is C5H9O2. The van der Waals surface area contributed by atoms with Crippen molar-refractivity contribution in [2.75, 3.05) is 0 Å². The Morgan fingerprint density at radius 3 is 1.71 bits per heavy atom. The molecule has 0 spiro atoms. The Kier molecular flexibility index (Phi) is 1.30. The van der Waals surface area contributed by atoms with E-state index in [1.165, 1.54) is 6.79 Å². The molecular weight excluding hydrogens is 92.1 g/mol. The molecule has 0 unspecified atom stereocenters. The maximum absolute atomic E-state index is 4.92. The SMILES string of the molecule is C[C@H]1O[CH]O[C@@H]1C. The second-order valence-corrected chi connectivity index (χ2v) is 1.78. The molecule has 2 heteroatoms. The van der Waals surface area contributed by atoms with Gasteiger partial charge in [0.05, 0.1) is 12.2 Å². The fourth-order valence-corrected chi connectivity index (χ4v) is 0.429. The molecule has 1 aliphatic heterocycles. The van der Waals surface area contributed by atoms with Crippen molar-refractivity contribution in [3.8, 4) is 0 Å². The summed E-state index contributed by atoms with van der Waals surface area (Å²) in [7, 11) is 0. The monoisotopic (exact) mass is 101 g/mol. The zero-order valence-electron chi connectivity index (χ0n) is 4.55. The van der Waals surface area contributed by atoms with Crippen LogP contribution in [0, 0.1) is 6.79 Å². The van der Waals surface area contributed by atoms with Gasteiger partial charge in [0.2, 0.25) is 6.79 Å². The van der Waals surface area contributed by atoms with Gasteiger partial charge in [-0.25, -0.2) is 0 Å². The van der Waals surface area contributed by atoms with Crippen LogP contribution in [0.15, 0.2) is 0 Å². The zero-order chi connectivity index (χ0) is 5.28. The third-order valence-electron chi connectivity index (χ3n) is 1.20. The average molecular weight is 101 g/mol. The first-order valence-corrected chi connectivity index (χ1v) is 2.43. The summed E-state index contributed by atoms with van der Waals surface area (Å²) in [5, 5.41) is 0. The van der Waals surface area contributed by atoms with Crippen molar-refractivity contribution in [3.63, 3.8) is 0 Å². The third kappa shape index (κ3) is 0.924. The Morgan fingerprint density at radius 1 is 1.14 bits per heavy atom. The van der Waals surface area contributed by atoms with E-state index in [9.17, 15) is 0 Å². The second-order valence-electron chi connectivity index (χ2n) is 1.78. The first-order valence-electron chi connectivity index (χ1n) is 2.43. The van der Waals surface area contributed by atoms with Gasteiger partial charge in [-0.15, -0.1) is 0 Å². The van der Waals surface area contributed by atoms with Gasteiger partial charge < -0.3 is 9.47 Å². The van der Waals surface area contributed by atoms with Crippen LogP contribution < -0.4 is 0 Å². The van der Waals surface area contributed by atoms with Crippen molar-refractivity contribution in [1.82, 2.24) is 0 Å². The van der Waals surface area contributed by atoms with Gasteiger partial charge in [-0.1, -0.05) is 0 Å². The van der Waals surface area contributed by atoms with Crippen LogP contribution in [0.2, 0.25) is 0 Å². The van der Waals surface area contributed by atoms with E-state index in [2.05, 4.69) is 0 Å². The van der Waals surface area contributed by atoms with E-state index in [0.29, 0.717) is 0 Å². The maximum atomic E-state index is 4.92. The lowest BCUT2D eigenvalue weighted by Gasteiger charge is -2.02. The van der Waals surface area contributed by atoms with Crippen LogP contribution in [0.1, 0.15) is 13.8 Å². The van der Waals surface area contributed by atoms with Gasteiger partial charge in [0.15, 0.2) is 0 Å². The molecule has 0 aromatic heterocycles. The molecule has 1 saturated heterocycles. The molecule has 1 radical (unpaired) electrons. The lowest BCUT2D eigenvalue weighted by Crippen LogP contribution is -2.13. The predicted octanol–water partition coefficient (Wildman–Crippen LogP) is 0.929. The first kappa shape index (κ1) is 5.06. The average Bonchev–Trinajstić information content (AvgIpc) is 1.91. The van der Waals surface area contributed by atoms with Crippen molar-refractivity contribution in [3.05, 3.63) is 6.79 Å². The highest BCUT2D eigenvalue weighted by molar-refractivity contribution is 4.66. The van der Waals surface area contributed by atoms with E-state index in [4.69, 9.17) is 9.47 Å². The third-order valence-corrected chi connectivity index (χ3v) is 1.20. The van der Waals surface area contributed by atoms with E-state index in [-0.39, 0.29) is 12.2 Å². The molecule has 1 heterocycles. The molecule has 1 rings (SSSR count). The topological polar surface area (TPSA) is 18.5 Å². The standard InChI is InChI=1S/C5H9O2/c1-4-5(2)7-3-6-4/h3-5H,1-2H3/t4-,5-/m1/s1. The summed E-state index contributed by atoms with van der Waals surface area (Å²) in [6.07, 6.45) is 0.472. The van der Waals surface area contributed by atoms with Crippen molar-refractivity contribution < 1.29 is 9.47 Å². The largest absolute Gasteiger partial charge is 0.342 e. The van der Waals surface area contributed by atoms with Gasteiger partial charge in [0.1, 0.15) is 0 Å². The van der Waals surface area contributed by atoms with Crippen molar-refractivity contribution >= 4 is 0 Å². The summed E-state index contributed by atoms with van der Waals surface area (Å²) >= 11 is 0. The Bertz CT molecular complexity index is 55.1. The van der Waals surface area contributed by atoms with Crippen molar-refractivity contribution in [2.24, 2.45) is 0 Å². The number of hydrogen-bond donors (Lipinski definition) is 0. The van der Waals surface area contributed by atoms with Crippen molar-refractivity contribution in [2.45, 2.75) is 26.1 Å². The Morgan fingerprint density at radius 2 is 1.57 bits per heavy atom. The summed E-state index contributed by atoms with van der Waals surface area (Å²) < 4.78 is 9.84. The zero-order valence-corrected chi connectivity index (χ0v) is 4.55. The van der Waals surface area contributed by atoms with E-state index >= 15 is 0 Å². The molecule has 2 nitrogen and oxygen atoms in total. The van der Waals surface area contributed by atoms with E-state index in [0.717, 1.165) is 0 Å². The van der Waals surface area contributed by atoms with Gasteiger partial charge >= 0.3 is 0 Å². The predicted molar refractivity (Wildman–Crippen MR) is 25.4 cm³/mol. The van der Waals surface area contributed by atoms with Crippen molar-refractivity contribution in [1.29, 1.82) is 0 Å². The summed E-state index contributed by atoms with van der Waals surface area (Å²) in [6, 6.07) is 0. The minimum absolute atomic E-state index is 0.236. The van der Waals surface area contributed by atoms with Crippen LogP contribution in [-0.2, 0) is 9.47 Å². The van der Waals surface area contributed by atoms with Gasteiger partial charge in [-0.2, -0.15) is 0 Å². The van der Waals surface area contributed by atoms with Gasteiger partial charge in [0, 0.05) is 0 Å². The minimum atomic E-state index is 0.236. The molecule has 1 fully saturated rings. The maximum Gasteiger partial charge on any atom is 0.210 e. The van der Waals surface area contributed by atoms with Crippen LogP contribution in [-0.4, -0.2) is 12.2 Å². The molecule has 0 aromatic rings. The van der Waals surface area contributed by atoms with Crippen LogP contribution in [0.4, 0.5) is 0 Å². The highest BCUT2D eigenvalue weighted by atomic mass is 16.7. The lowest BCUT2D eigenvalue weighted by molar-refractivity contribution is 0.129. The summed E-state index contributed by atoms with van der Waals surface area (Å²) in [4.78, 5) is 0. The smallest absolute Gasteiger partial charge is 0.210 e. The Hall–Kier alpha value is -0.0800. The Labute approximate surface area is 43.4 Å². The lowest BCUT2D eigenvalue weighted by atomic mass is 10.3. The minimum Gasteiger partial charge on any atom is -0.342 e. The normalized spacial score (nSPS) is 42.0. The van der Waals surface area contributed by atoms with Crippen LogP contribution in [0.5, 0.6) is 0 Å². The molecule has 0 bridgehead atoms. The van der Waals surface area contributed by atoms with E-state index in [1.807, 2.05) is 13.8 Å². The molecule has 0 amide bonds. The second kappa shape index (κ2) is 1.80. The molecule has 1 aliphatic rings. The van der Waals surface area contributed by atoms with Crippen LogP contribution in [0.25, 0.3) is 0 Å². The highest BCUT2D eigenvalue weighted by Gasteiger charge is 2.19. The Balaban J connectivity index is 2.33. The fourth-order valence-electron chi connectivity index (χ4n) is 0.429. The quantitative estimate of drug-likeness (QED) is 0.452. The number of hydrogen-bond acceptors (Lipinski definition) is 2. The molecule has 2 atom stereocenters. The molecule has 0 aliphatic carbocycles. The van der Waals surface area contributed by atoms with Crippen LogP contribution in [0.3, 0.4) is 0 Å². The number of rotatable bonds is 0. The van der Waals surface area contributed by atoms with E-state index in [1.54, 1.807) is 0 Å². The molecule has 0 saturated carbocycles. The van der Waals surface area contributed by atoms with Gasteiger partial charge in [-0.3, -0.25) is 0 Å². The summed E-state index contributed by atoms with van der Waals surface area (Å²) in [5.41, 5.74) is 0. The van der Waals surface area contributed by atoms with Crippen LogP contribution >= 0.6 is 0 Å². The molecule has 0 N–H and O–H groups in total. The van der Waals surface area contributed by atoms with Gasteiger partial charge in [-0.05, 0) is 13.8 Å². The first-order chi connectivity index (χ1) is 3.30. The summed E-state index contributed by atoms with van der Waals surface area (Å²) in [6.45, 7) is 5.36. The molecule has 41 valence electrons. The molecule has 7 heavy (non-hydrogen) atoms.